The number of esters is 1. The fraction of sp³-hybridized carbons (Fsp3) is 0.462. The summed E-state index contributed by atoms with van der Waals surface area (Å²) in [5, 5.41) is 0. The minimum absolute atomic E-state index is 0.114. The number of rotatable bonds is 6. The van der Waals surface area contributed by atoms with Crippen LogP contribution in [0.5, 0.6) is 0 Å². The first-order chi connectivity index (χ1) is 9.34. The predicted octanol–water partition coefficient (Wildman–Crippen LogP) is 1.15. The summed E-state index contributed by atoms with van der Waals surface area (Å²) in [6.45, 7) is 5.06. The first-order valence-electron chi connectivity index (χ1n) is 6.35. The minimum atomic E-state index is -3.77. The number of hydrogen-bond acceptors (Lipinski definition) is 5. The molecule has 0 heterocycles. The van der Waals surface area contributed by atoms with Gasteiger partial charge in [-0.05, 0) is 31.5 Å². The lowest BCUT2D eigenvalue weighted by molar-refractivity contribution is -0.143. The number of carbonyl (C=O) groups excluding carboxylic acids is 1. The maximum Gasteiger partial charge on any atom is 0.321 e. The van der Waals surface area contributed by atoms with Gasteiger partial charge < -0.3 is 10.5 Å². The van der Waals surface area contributed by atoms with Crippen molar-refractivity contribution in [2.45, 2.75) is 25.7 Å². The highest BCUT2D eigenvalue weighted by Crippen LogP contribution is 2.23. The van der Waals surface area contributed by atoms with Crippen LogP contribution in [0.1, 0.15) is 19.4 Å². The molecule has 1 aromatic carbocycles. The number of carbonyl (C=O) groups is 1. The SMILES string of the molecule is CCOC(=O)CN(CC)S(=O)(=O)c1cccc(N)c1C. The van der Waals surface area contributed by atoms with Gasteiger partial charge in [0.2, 0.25) is 10.0 Å². The Morgan fingerprint density at radius 1 is 1.35 bits per heavy atom. The summed E-state index contributed by atoms with van der Waals surface area (Å²) in [5.74, 6) is -0.570. The molecule has 0 fully saturated rings. The van der Waals surface area contributed by atoms with Gasteiger partial charge in [0.05, 0.1) is 11.5 Å². The van der Waals surface area contributed by atoms with Gasteiger partial charge in [0.15, 0.2) is 0 Å². The van der Waals surface area contributed by atoms with E-state index < -0.39 is 16.0 Å². The Hall–Kier alpha value is -1.60. The van der Waals surface area contributed by atoms with E-state index in [2.05, 4.69) is 0 Å². The maximum atomic E-state index is 12.5. The van der Waals surface area contributed by atoms with Gasteiger partial charge in [0.1, 0.15) is 6.54 Å². The van der Waals surface area contributed by atoms with Gasteiger partial charge in [0.25, 0.3) is 0 Å². The molecule has 0 atom stereocenters. The van der Waals surface area contributed by atoms with Crippen molar-refractivity contribution in [2.24, 2.45) is 0 Å². The van der Waals surface area contributed by atoms with E-state index in [9.17, 15) is 13.2 Å². The number of nitrogens with zero attached hydrogens (tertiary/aromatic N) is 1. The average molecular weight is 300 g/mol. The van der Waals surface area contributed by atoms with Gasteiger partial charge in [-0.15, -0.1) is 0 Å². The third-order valence-electron chi connectivity index (χ3n) is 2.91. The van der Waals surface area contributed by atoms with E-state index in [1.807, 2.05) is 0 Å². The highest BCUT2D eigenvalue weighted by atomic mass is 32.2. The zero-order valence-electron chi connectivity index (χ0n) is 11.9. The molecule has 0 spiro atoms. The zero-order chi connectivity index (χ0) is 15.3. The number of hydrogen-bond donors (Lipinski definition) is 1. The Bertz CT molecular complexity index is 584. The fourth-order valence-corrected chi connectivity index (χ4v) is 3.42. The molecule has 0 aromatic heterocycles. The Morgan fingerprint density at radius 3 is 2.55 bits per heavy atom. The van der Waals surface area contributed by atoms with E-state index in [4.69, 9.17) is 10.5 Å². The van der Waals surface area contributed by atoms with Crippen LogP contribution in [0.4, 0.5) is 5.69 Å². The Kier molecular flexibility index (Phi) is 5.52. The van der Waals surface area contributed by atoms with Crippen molar-refractivity contribution >= 4 is 21.7 Å². The van der Waals surface area contributed by atoms with Gasteiger partial charge in [0, 0.05) is 12.2 Å². The van der Waals surface area contributed by atoms with Gasteiger partial charge in [-0.25, -0.2) is 8.42 Å². The maximum absolute atomic E-state index is 12.5. The molecule has 2 N–H and O–H groups in total. The van der Waals surface area contributed by atoms with Crippen LogP contribution in [0.2, 0.25) is 0 Å². The van der Waals surface area contributed by atoms with Crippen molar-refractivity contribution in [1.29, 1.82) is 0 Å². The van der Waals surface area contributed by atoms with E-state index >= 15 is 0 Å². The topological polar surface area (TPSA) is 89.7 Å². The molecule has 6 nitrogen and oxygen atoms in total. The van der Waals surface area contributed by atoms with Crippen LogP contribution in [0.15, 0.2) is 23.1 Å². The van der Waals surface area contributed by atoms with Crippen molar-refractivity contribution in [3.8, 4) is 0 Å². The summed E-state index contributed by atoms with van der Waals surface area (Å²) in [5.41, 5.74) is 6.62. The molecular formula is C13H20N2O4S. The zero-order valence-corrected chi connectivity index (χ0v) is 12.7. The molecule has 0 aliphatic carbocycles. The number of likely N-dealkylation sites (N-methyl/N-ethyl adjacent to an activating group) is 1. The minimum Gasteiger partial charge on any atom is -0.465 e. The molecule has 112 valence electrons. The first-order valence-corrected chi connectivity index (χ1v) is 7.79. The number of benzene rings is 1. The monoisotopic (exact) mass is 300 g/mol. The Balaban J connectivity index is 3.12. The summed E-state index contributed by atoms with van der Waals surface area (Å²) in [6.07, 6.45) is 0. The summed E-state index contributed by atoms with van der Waals surface area (Å²) in [7, 11) is -3.77. The van der Waals surface area contributed by atoms with Crippen molar-refractivity contribution in [2.75, 3.05) is 25.4 Å². The van der Waals surface area contributed by atoms with Crippen LogP contribution in [-0.2, 0) is 19.6 Å². The summed E-state index contributed by atoms with van der Waals surface area (Å²) < 4.78 is 30.9. The van der Waals surface area contributed by atoms with Crippen LogP contribution in [0.3, 0.4) is 0 Å². The van der Waals surface area contributed by atoms with Crippen molar-refractivity contribution in [3.63, 3.8) is 0 Å². The summed E-state index contributed by atoms with van der Waals surface area (Å²) in [6, 6.07) is 4.69. The highest BCUT2D eigenvalue weighted by Gasteiger charge is 2.27. The largest absolute Gasteiger partial charge is 0.465 e. The Labute approximate surface area is 119 Å². The smallest absolute Gasteiger partial charge is 0.321 e. The van der Waals surface area contributed by atoms with E-state index in [0.29, 0.717) is 11.3 Å². The number of nitrogens with two attached hydrogens (primary N) is 1. The van der Waals surface area contributed by atoms with E-state index in [0.717, 1.165) is 4.31 Å². The lowest BCUT2D eigenvalue weighted by atomic mass is 10.2. The lowest BCUT2D eigenvalue weighted by Crippen LogP contribution is -2.36. The van der Waals surface area contributed by atoms with Gasteiger partial charge in [-0.2, -0.15) is 4.31 Å². The third-order valence-corrected chi connectivity index (χ3v) is 4.97. The third kappa shape index (κ3) is 3.49. The van der Waals surface area contributed by atoms with Crippen LogP contribution in [0.25, 0.3) is 0 Å². The molecule has 0 aliphatic heterocycles. The number of anilines is 1. The van der Waals surface area contributed by atoms with Gasteiger partial charge in [-0.3, -0.25) is 4.79 Å². The molecule has 0 saturated carbocycles. The number of sulfonamides is 1. The first kappa shape index (κ1) is 16.5. The molecular weight excluding hydrogens is 280 g/mol. The molecule has 0 bridgehead atoms. The lowest BCUT2D eigenvalue weighted by Gasteiger charge is -2.21. The molecule has 7 heteroatoms. The van der Waals surface area contributed by atoms with Crippen molar-refractivity contribution < 1.29 is 17.9 Å². The molecule has 0 unspecified atom stereocenters. The van der Waals surface area contributed by atoms with E-state index in [-0.39, 0.29) is 24.6 Å². The molecule has 20 heavy (non-hydrogen) atoms. The number of nitrogen functional groups attached to an aromatic ring is 1. The molecule has 0 aliphatic rings. The van der Waals surface area contributed by atoms with Crippen LogP contribution in [-0.4, -0.2) is 38.4 Å². The van der Waals surface area contributed by atoms with Crippen LogP contribution in [0, 0.1) is 6.92 Å². The van der Waals surface area contributed by atoms with Crippen LogP contribution < -0.4 is 5.73 Å². The summed E-state index contributed by atoms with van der Waals surface area (Å²) in [4.78, 5) is 11.6. The average Bonchev–Trinajstić information content (AvgIpc) is 2.39. The molecule has 1 rings (SSSR count). The van der Waals surface area contributed by atoms with Crippen molar-refractivity contribution in [1.82, 2.24) is 4.31 Å². The molecule has 0 radical (unpaired) electrons. The van der Waals surface area contributed by atoms with Crippen molar-refractivity contribution in [3.05, 3.63) is 23.8 Å². The highest BCUT2D eigenvalue weighted by molar-refractivity contribution is 7.89. The molecule has 1 aromatic rings. The predicted molar refractivity (Wildman–Crippen MR) is 76.7 cm³/mol. The number of ether oxygens (including phenoxy) is 1. The molecule has 0 saturated heterocycles. The van der Waals surface area contributed by atoms with Gasteiger partial charge in [-0.1, -0.05) is 13.0 Å². The van der Waals surface area contributed by atoms with E-state index in [1.165, 1.54) is 6.07 Å². The second-order valence-electron chi connectivity index (χ2n) is 4.21. The van der Waals surface area contributed by atoms with Gasteiger partial charge >= 0.3 is 5.97 Å². The second kappa shape index (κ2) is 6.71. The fourth-order valence-electron chi connectivity index (χ4n) is 1.77. The second-order valence-corrected chi connectivity index (χ2v) is 6.11. The normalized spacial score (nSPS) is 11.6. The quantitative estimate of drug-likeness (QED) is 0.629. The standard InChI is InChI=1S/C13H20N2O4S/c1-4-15(9-13(16)19-5-2)20(17,18)12-8-6-7-11(14)10(12)3/h6-8H,4-5,9,14H2,1-3H3. The Morgan fingerprint density at radius 2 is 2.00 bits per heavy atom. The summed E-state index contributed by atoms with van der Waals surface area (Å²) >= 11 is 0. The van der Waals surface area contributed by atoms with E-state index in [1.54, 1.807) is 32.9 Å². The molecule has 0 amide bonds. The van der Waals surface area contributed by atoms with Crippen LogP contribution >= 0.6 is 0 Å².